The van der Waals surface area contributed by atoms with Gasteiger partial charge in [0.1, 0.15) is 12.3 Å². The molecule has 0 saturated heterocycles. The van der Waals surface area contributed by atoms with E-state index >= 15 is 0 Å². The van der Waals surface area contributed by atoms with E-state index in [0.717, 1.165) is 38.9 Å². The molecule has 0 aliphatic carbocycles. The van der Waals surface area contributed by atoms with Gasteiger partial charge in [0.25, 0.3) is 5.56 Å². The first-order valence-electron chi connectivity index (χ1n) is 13.3. The predicted octanol–water partition coefficient (Wildman–Crippen LogP) is 5.90. The van der Waals surface area contributed by atoms with Crippen molar-refractivity contribution in [3.63, 3.8) is 0 Å². The maximum absolute atomic E-state index is 13.8. The molecule has 0 saturated carbocycles. The van der Waals surface area contributed by atoms with Crippen molar-refractivity contribution in [2.75, 3.05) is 13.7 Å². The summed E-state index contributed by atoms with van der Waals surface area (Å²) in [5.41, 5.74) is 4.72. The Hall–Kier alpha value is -4.72. The molecule has 0 amide bonds. The molecule has 0 bridgehead atoms. The Labute approximate surface area is 232 Å². The molecule has 204 valence electrons. The highest BCUT2D eigenvalue weighted by atomic mass is 16.5. The molecule has 0 N–H and O–H groups in total. The summed E-state index contributed by atoms with van der Waals surface area (Å²) < 4.78 is 14.0. The Morgan fingerprint density at radius 3 is 2.52 bits per heavy atom. The molecule has 5 aromatic rings. The van der Waals surface area contributed by atoms with Crippen LogP contribution in [0.25, 0.3) is 33.2 Å². The second-order valence-corrected chi connectivity index (χ2v) is 9.91. The molecule has 40 heavy (non-hydrogen) atoms. The maximum atomic E-state index is 13.8. The van der Waals surface area contributed by atoms with Gasteiger partial charge in [-0.2, -0.15) is 9.78 Å². The lowest BCUT2D eigenvalue weighted by Crippen LogP contribution is -2.20. The van der Waals surface area contributed by atoms with Crippen LogP contribution in [0.15, 0.2) is 76.8 Å². The van der Waals surface area contributed by atoms with Crippen LogP contribution in [0.1, 0.15) is 43.4 Å². The average molecular weight is 537 g/mol. The number of fused-ring (bicyclic) bond motifs is 2. The smallest absolute Gasteiger partial charge is 0.325 e. The number of rotatable bonds is 8. The summed E-state index contributed by atoms with van der Waals surface area (Å²) in [6.45, 7) is 8.80. The molecule has 8 nitrogen and oxygen atoms in total. The topological polar surface area (TPSA) is 87.7 Å². The van der Waals surface area contributed by atoms with E-state index in [1.54, 1.807) is 12.3 Å². The third-order valence-electron chi connectivity index (χ3n) is 6.93. The van der Waals surface area contributed by atoms with Crippen molar-refractivity contribution >= 4 is 34.0 Å². The minimum Gasteiger partial charge on any atom is -0.494 e. The van der Waals surface area contributed by atoms with Gasteiger partial charge in [0, 0.05) is 28.2 Å². The number of esters is 1. The normalized spacial score (nSPS) is 11.7. The van der Waals surface area contributed by atoms with Gasteiger partial charge < -0.3 is 14.0 Å². The highest BCUT2D eigenvalue weighted by Crippen LogP contribution is 2.34. The second kappa shape index (κ2) is 11.2. The largest absolute Gasteiger partial charge is 0.494 e. The molecular weight excluding hydrogens is 504 g/mol. The van der Waals surface area contributed by atoms with Crippen LogP contribution in [0.2, 0.25) is 0 Å². The Morgan fingerprint density at radius 2 is 1.80 bits per heavy atom. The van der Waals surface area contributed by atoms with E-state index in [4.69, 9.17) is 19.6 Å². The molecule has 5 rings (SSSR count). The van der Waals surface area contributed by atoms with Gasteiger partial charge >= 0.3 is 5.97 Å². The lowest BCUT2D eigenvalue weighted by atomic mass is 9.96. The fraction of sp³-hybridized carbons (Fsp3) is 0.250. The van der Waals surface area contributed by atoms with Gasteiger partial charge in [-0.3, -0.25) is 9.59 Å². The molecule has 8 heteroatoms. The Balaban J connectivity index is 1.72. The summed E-state index contributed by atoms with van der Waals surface area (Å²) in [4.78, 5) is 30.7. The molecule has 2 aromatic heterocycles. The van der Waals surface area contributed by atoms with Gasteiger partial charge in [0.05, 0.1) is 30.8 Å². The third kappa shape index (κ3) is 5.00. The summed E-state index contributed by atoms with van der Waals surface area (Å²) in [5.74, 6) is 1.12. The lowest BCUT2D eigenvalue weighted by Gasteiger charge is -2.18. The maximum Gasteiger partial charge on any atom is 0.325 e. The van der Waals surface area contributed by atoms with Crippen molar-refractivity contribution in [1.29, 1.82) is 0 Å². The van der Waals surface area contributed by atoms with Gasteiger partial charge in [-0.15, -0.1) is 0 Å². The summed E-state index contributed by atoms with van der Waals surface area (Å²) in [7, 11) is 1.37. The summed E-state index contributed by atoms with van der Waals surface area (Å²) in [6, 6.07) is 19.1. The van der Waals surface area contributed by atoms with Crippen molar-refractivity contribution < 1.29 is 14.3 Å². The van der Waals surface area contributed by atoms with E-state index in [0.29, 0.717) is 23.3 Å². The lowest BCUT2D eigenvalue weighted by molar-refractivity contribution is -0.141. The molecule has 0 atom stereocenters. The molecular formula is C32H32N4O4. The highest BCUT2D eigenvalue weighted by Gasteiger charge is 2.19. The second-order valence-electron chi connectivity index (χ2n) is 9.91. The van der Waals surface area contributed by atoms with Gasteiger partial charge in [-0.25, -0.2) is 4.98 Å². The van der Waals surface area contributed by atoms with Crippen molar-refractivity contribution in [2.24, 2.45) is 5.10 Å². The Morgan fingerprint density at radius 1 is 1.07 bits per heavy atom. The van der Waals surface area contributed by atoms with Crippen LogP contribution in [0, 0.1) is 6.92 Å². The van der Waals surface area contributed by atoms with Crippen LogP contribution in [0.5, 0.6) is 5.75 Å². The summed E-state index contributed by atoms with van der Waals surface area (Å²) in [6.07, 6.45) is 3.48. The number of methoxy groups -OCH3 is 1. The minimum atomic E-state index is -0.353. The fourth-order valence-corrected chi connectivity index (χ4v) is 4.91. The summed E-state index contributed by atoms with van der Waals surface area (Å²) in [5, 5.41) is 6.07. The molecule has 3 aromatic carbocycles. The molecule has 0 spiro atoms. The minimum absolute atomic E-state index is 0.0664. The zero-order valence-electron chi connectivity index (χ0n) is 23.3. The quantitative estimate of drug-likeness (QED) is 0.182. The number of carbonyl (C=O) groups is 1. The van der Waals surface area contributed by atoms with Gasteiger partial charge in [0.15, 0.2) is 5.82 Å². The first-order chi connectivity index (χ1) is 19.3. The van der Waals surface area contributed by atoms with Crippen LogP contribution in [-0.2, 0) is 16.1 Å². The van der Waals surface area contributed by atoms with E-state index in [1.165, 1.54) is 11.8 Å². The van der Waals surface area contributed by atoms with Crippen LogP contribution in [-0.4, -0.2) is 40.1 Å². The van der Waals surface area contributed by atoms with Crippen LogP contribution in [0.3, 0.4) is 0 Å². The number of aryl methyl sites for hydroxylation is 1. The van der Waals surface area contributed by atoms with Crippen molar-refractivity contribution in [3.05, 3.63) is 93.9 Å². The third-order valence-corrected chi connectivity index (χ3v) is 6.93. The first-order valence-corrected chi connectivity index (χ1v) is 13.3. The van der Waals surface area contributed by atoms with Gasteiger partial charge in [-0.1, -0.05) is 44.2 Å². The molecule has 0 fully saturated rings. The van der Waals surface area contributed by atoms with Crippen LogP contribution >= 0.6 is 0 Å². The average Bonchev–Trinajstić information content (AvgIpc) is 3.29. The molecule has 0 aliphatic rings. The molecule has 0 radical (unpaired) electrons. The van der Waals surface area contributed by atoms with Crippen molar-refractivity contribution in [3.8, 4) is 17.1 Å². The molecule has 0 aliphatic heterocycles. The van der Waals surface area contributed by atoms with Crippen LogP contribution in [0.4, 0.5) is 0 Å². The van der Waals surface area contributed by atoms with E-state index in [1.807, 2.05) is 73.1 Å². The number of nitrogens with zero attached hydrogens (tertiary/aromatic N) is 4. The monoisotopic (exact) mass is 536 g/mol. The van der Waals surface area contributed by atoms with E-state index in [-0.39, 0.29) is 24.0 Å². The fourth-order valence-electron chi connectivity index (χ4n) is 4.91. The number of para-hydroxylation sites is 2. The number of carbonyl (C=O) groups excluding carboxylic acids is 1. The first kappa shape index (κ1) is 26.9. The number of hydrogen-bond donors (Lipinski definition) is 0. The van der Waals surface area contributed by atoms with Gasteiger partial charge in [-0.05, 0) is 61.2 Å². The molecule has 0 unspecified atom stereocenters. The van der Waals surface area contributed by atoms with E-state index < -0.39 is 0 Å². The van der Waals surface area contributed by atoms with E-state index in [2.05, 4.69) is 19.9 Å². The standard InChI is InChI=1S/C32H32N4O4/c1-6-40-29-15-21(4)26(16-25(29)20(2)3)31-34-27-13-9-7-12-24(27)32(38)36(31)33-17-22-18-35(19-30(37)39-5)28-14-10-8-11-23(22)28/h7-18,20H,6,19H2,1-5H3. The Kier molecular flexibility index (Phi) is 7.51. The summed E-state index contributed by atoms with van der Waals surface area (Å²) >= 11 is 0. The number of hydrogen-bond acceptors (Lipinski definition) is 6. The number of benzene rings is 3. The van der Waals surface area contributed by atoms with Crippen LogP contribution < -0.4 is 10.3 Å². The molecule has 2 heterocycles. The van der Waals surface area contributed by atoms with Gasteiger partial charge in [0.2, 0.25) is 0 Å². The highest BCUT2D eigenvalue weighted by molar-refractivity contribution is 6.00. The number of ether oxygens (including phenoxy) is 2. The number of aromatic nitrogens is 3. The van der Waals surface area contributed by atoms with Crippen molar-refractivity contribution in [2.45, 2.75) is 40.2 Å². The SMILES string of the molecule is CCOc1cc(C)c(-c2nc3ccccc3c(=O)n2N=Cc2cn(CC(=O)OC)c3ccccc23)cc1C(C)C. The zero-order chi connectivity index (χ0) is 28.4. The zero-order valence-corrected chi connectivity index (χ0v) is 23.3. The van der Waals surface area contributed by atoms with E-state index in [9.17, 15) is 9.59 Å². The predicted molar refractivity (Wildman–Crippen MR) is 158 cm³/mol. The Bertz CT molecular complexity index is 1810. The van der Waals surface area contributed by atoms with Crippen molar-refractivity contribution in [1.82, 2.24) is 14.2 Å².